The van der Waals surface area contributed by atoms with E-state index in [1.807, 2.05) is 43.6 Å². The molecule has 0 bridgehead atoms. The van der Waals surface area contributed by atoms with E-state index in [4.69, 9.17) is 0 Å². The Kier molecular flexibility index (Phi) is 3.86. The van der Waals surface area contributed by atoms with Gasteiger partial charge < -0.3 is 4.98 Å². The Morgan fingerprint density at radius 3 is 2.56 bits per heavy atom. The van der Waals surface area contributed by atoms with Crippen LogP contribution in [0.5, 0.6) is 0 Å². The Bertz CT molecular complexity index is 575. The number of benzene rings is 1. The molecule has 90 valence electrons. The zero-order chi connectivity index (χ0) is 12.8. The fourth-order valence-corrected chi connectivity index (χ4v) is 1.56. The van der Waals surface area contributed by atoms with Gasteiger partial charge >= 0.3 is 0 Å². The van der Waals surface area contributed by atoms with Gasteiger partial charge in [0.1, 0.15) is 5.82 Å². The molecule has 18 heavy (non-hydrogen) atoms. The number of para-hydroxylation sites is 1. The topological polar surface area (TPSA) is 41.6 Å². The molecule has 0 aliphatic rings. The predicted molar refractivity (Wildman–Crippen MR) is 75.2 cm³/mol. The zero-order valence-corrected chi connectivity index (χ0v) is 10.3. The number of aromatic nitrogens is 3. The van der Waals surface area contributed by atoms with Crippen LogP contribution in [0, 0.1) is 6.92 Å². The molecule has 0 saturated heterocycles. The van der Waals surface area contributed by atoms with Crippen LogP contribution < -0.4 is 0 Å². The third-order valence-corrected chi connectivity index (χ3v) is 2.45. The number of pyridine rings is 1. The highest BCUT2D eigenvalue weighted by Crippen LogP contribution is 2.07. The third kappa shape index (κ3) is 3.04. The van der Waals surface area contributed by atoms with Gasteiger partial charge in [0, 0.05) is 17.8 Å². The summed E-state index contributed by atoms with van der Waals surface area (Å²) in [5.41, 5.74) is 1.97. The molecule has 0 radical (unpaired) electrons. The van der Waals surface area contributed by atoms with Crippen molar-refractivity contribution in [2.45, 2.75) is 6.92 Å². The summed E-state index contributed by atoms with van der Waals surface area (Å²) in [4.78, 5) is 11.2. The van der Waals surface area contributed by atoms with E-state index in [0.717, 1.165) is 17.0 Å². The van der Waals surface area contributed by atoms with Crippen LogP contribution in [-0.2, 0) is 0 Å². The molecule has 2 heterocycles. The molecule has 0 atom stereocenters. The van der Waals surface area contributed by atoms with Crippen LogP contribution in [-0.4, -0.2) is 15.0 Å². The van der Waals surface area contributed by atoms with Gasteiger partial charge in [-0.05, 0) is 25.1 Å². The van der Waals surface area contributed by atoms with Crippen molar-refractivity contribution in [1.82, 2.24) is 15.0 Å². The largest absolute Gasteiger partial charge is 0.348 e. The molecule has 3 heteroatoms. The van der Waals surface area contributed by atoms with E-state index in [0.29, 0.717) is 0 Å². The van der Waals surface area contributed by atoms with Crippen molar-refractivity contribution in [3.63, 3.8) is 0 Å². The number of hydrogen-bond acceptors (Lipinski definition) is 2. The molecule has 0 spiro atoms. The average Bonchev–Trinajstić information content (AvgIpc) is 2.86. The Labute approximate surface area is 106 Å². The summed E-state index contributed by atoms with van der Waals surface area (Å²) in [7, 11) is 0. The molecule has 3 aromatic rings. The summed E-state index contributed by atoms with van der Waals surface area (Å²) < 4.78 is 0. The fraction of sp³-hybridized carbons (Fsp3) is 0.0667. The van der Waals surface area contributed by atoms with Crippen LogP contribution in [0.3, 0.4) is 0 Å². The molecule has 2 aromatic heterocycles. The smallest absolute Gasteiger partial charge is 0.103 e. The van der Waals surface area contributed by atoms with Crippen LogP contribution in [0.25, 0.3) is 17.0 Å². The number of nitrogens with one attached hydrogen (secondary N) is 1. The van der Waals surface area contributed by atoms with Crippen molar-refractivity contribution in [2.24, 2.45) is 0 Å². The number of aromatic amines is 1. The van der Waals surface area contributed by atoms with Gasteiger partial charge in [-0.3, -0.25) is 4.98 Å². The number of fused-ring (bicyclic) bond motifs is 1. The maximum Gasteiger partial charge on any atom is 0.103 e. The normalized spacial score (nSPS) is 9.61. The summed E-state index contributed by atoms with van der Waals surface area (Å²) in [5, 5.41) is 1.20. The second-order valence-corrected chi connectivity index (χ2v) is 3.81. The lowest BCUT2D eigenvalue weighted by Gasteiger charge is -1.91. The van der Waals surface area contributed by atoms with E-state index < -0.39 is 0 Å². The van der Waals surface area contributed by atoms with E-state index >= 15 is 0 Å². The monoisotopic (exact) mass is 237 g/mol. The minimum Gasteiger partial charge on any atom is -0.348 e. The molecule has 0 aliphatic carbocycles. The van der Waals surface area contributed by atoms with Crippen LogP contribution >= 0.6 is 0 Å². The lowest BCUT2D eigenvalue weighted by atomic mass is 10.2. The lowest BCUT2D eigenvalue weighted by Crippen LogP contribution is -1.73. The first kappa shape index (κ1) is 12.0. The molecule has 1 aromatic carbocycles. The van der Waals surface area contributed by atoms with Crippen LogP contribution in [0.4, 0.5) is 0 Å². The van der Waals surface area contributed by atoms with Crippen LogP contribution in [0.1, 0.15) is 11.5 Å². The highest BCUT2D eigenvalue weighted by atomic mass is 14.9. The van der Waals surface area contributed by atoms with E-state index in [1.165, 1.54) is 5.39 Å². The first-order valence-corrected chi connectivity index (χ1v) is 5.74. The van der Waals surface area contributed by atoms with Gasteiger partial charge in [-0.15, -0.1) is 0 Å². The van der Waals surface area contributed by atoms with Gasteiger partial charge in [0.25, 0.3) is 0 Å². The Morgan fingerprint density at radius 1 is 1.17 bits per heavy atom. The van der Waals surface area contributed by atoms with Crippen molar-refractivity contribution in [1.29, 1.82) is 0 Å². The van der Waals surface area contributed by atoms with E-state index in [1.54, 1.807) is 6.08 Å². The molecule has 3 rings (SSSR count). The number of rotatable bonds is 1. The van der Waals surface area contributed by atoms with Crippen molar-refractivity contribution in [3.05, 3.63) is 66.9 Å². The van der Waals surface area contributed by atoms with Gasteiger partial charge in [0.05, 0.1) is 11.2 Å². The maximum absolute atomic E-state index is 4.18. The summed E-state index contributed by atoms with van der Waals surface area (Å²) in [6.45, 7) is 5.47. The minimum atomic E-state index is 0.905. The van der Waals surface area contributed by atoms with Gasteiger partial charge in [0.15, 0.2) is 0 Å². The number of hydrogen-bond donors (Lipinski definition) is 1. The number of aryl methyl sites for hydroxylation is 1. The molecule has 1 N–H and O–H groups in total. The first-order chi connectivity index (χ1) is 8.79. The van der Waals surface area contributed by atoms with Crippen molar-refractivity contribution >= 4 is 17.0 Å². The Hall–Kier alpha value is -2.42. The third-order valence-electron chi connectivity index (χ3n) is 2.45. The van der Waals surface area contributed by atoms with Gasteiger partial charge in [-0.2, -0.15) is 0 Å². The molecule has 0 unspecified atom stereocenters. The van der Waals surface area contributed by atoms with Crippen LogP contribution in [0.15, 0.2) is 55.4 Å². The predicted octanol–water partition coefficient (Wildman–Crippen LogP) is 3.60. The second kappa shape index (κ2) is 5.77. The zero-order valence-electron chi connectivity index (χ0n) is 10.3. The molecule has 0 saturated carbocycles. The molecular formula is C15H15N3. The standard InChI is InChI=1S/C9H7N.C6H8N2/c1-2-6-9-8(4-1)5-3-7-10-9;1-3-6-4-7-5(2)8-6/h1-7H;3-4H,1H2,2H3,(H,7,8). The molecule has 0 aliphatic heterocycles. The van der Waals surface area contributed by atoms with Gasteiger partial charge in [-0.1, -0.05) is 30.8 Å². The minimum absolute atomic E-state index is 0.905. The number of nitrogens with zero attached hydrogens (tertiary/aromatic N) is 2. The summed E-state index contributed by atoms with van der Waals surface area (Å²) >= 11 is 0. The highest BCUT2D eigenvalue weighted by molar-refractivity contribution is 5.77. The van der Waals surface area contributed by atoms with Crippen molar-refractivity contribution in [3.8, 4) is 0 Å². The molecular weight excluding hydrogens is 222 g/mol. The van der Waals surface area contributed by atoms with E-state index in [2.05, 4.69) is 33.7 Å². The van der Waals surface area contributed by atoms with Gasteiger partial charge in [-0.25, -0.2) is 4.98 Å². The van der Waals surface area contributed by atoms with E-state index in [-0.39, 0.29) is 0 Å². The SMILES string of the molecule is C=Cc1c[nH]c(C)n1.c1ccc2ncccc2c1. The Balaban J connectivity index is 0.000000138. The lowest BCUT2D eigenvalue weighted by molar-refractivity contribution is 1.15. The molecule has 0 fully saturated rings. The maximum atomic E-state index is 4.18. The number of H-pyrrole nitrogens is 1. The van der Waals surface area contributed by atoms with Crippen LogP contribution in [0.2, 0.25) is 0 Å². The Morgan fingerprint density at radius 2 is 1.94 bits per heavy atom. The van der Waals surface area contributed by atoms with Crippen molar-refractivity contribution < 1.29 is 0 Å². The first-order valence-electron chi connectivity index (χ1n) is 5.74. The van der Waals surface area contributed by atoms with E-state index in [9.17, 15) is 0 Å². The van der Waals surface area contributed by atoms with Crippen molar-refractivity contribution in [2.75, 3.05) is 0 Å². The average molecular weight is 237 g/mol. The number of imidazole rings is 1. The summed E-state index contributed by atoms with van der Waals surface area (Å²) in [5.74, 6) is 0.930. The highest BCUT2D eigenvalue weighted by Gasteiger charge is 1.87. The van der Waals surface area contributed by atoms with Gasteiger partial charge in [0.2, 0.25) is 0 Å². The molecule has 3 nitrogen and oxygen atoms in total. The summed E-state index contributed by atoms with van der Waals surface area (Å²) in [6.07, 6.45) is 5.34. The fourth-order valence-electron chi connectivity index (χ4n) is 1.56. The quantitative estimate of drug-likeness (QED) is 0.702. The second-order valence-electron chi connectivity index (χ2n) is 3.81. The summed E-state index contributed by atoms with van der Waals surface area (Å²) in [6, 6.07) is 12.1. The molecule has 0 amide bonds.